The van der Waals surface area contributed by atoms with Crippen molar-refractivity contribution in [2.24, 2.45) is 5.41 Å². The topological polar surface area (TPSA) is 21.3 Å². The quantitative estimate of drug-likeness (QED) is 0.620. The Kier molecular flexibility index (Phi) is 5.66. The molecular weight excluding hydrogens is 186 g/mol. The van der Waals surface area contributed by atoms with Gasteiger partial charge in [0.25, 0.3) is 0 Å². The fourth-order valence-electron chi connectivity index (χ4n) is 1.68. The van der Waals surface area contributed by atoms with Crippen molar-refractivity contribution in [3.05, 3.63) is 24.3 Å². The van der Waals surface area contributed by atoms with Gasteiger partial charge in [0.05, 0.1) is 6.61 Å². The van der Waals surface area contributed by atoms with Gasteiger partial charge in [-0.2, -0.15) is 0 Å². The Morgan fingerprint density at radius 2 is 1.93 bits per heavy atom. The molecule has 0 unspecified atom stereocenters. The lowest BCUT2D eigenvalue weighted by Gasteiger charge is -2.25. The molecule has 0 bridgehead atoms. The van der Waals surface area contributed by atoms with Crippen molar-refractivity contribution in [2.45, 2.75) is 26.7 Å². The summed E-state index contributed by atoms with van der Waals surface area (Å²) in [4.78, 5) is 0. The number of hydrogen-bond acceptors (Lipinski definition) is 2. The normalized spacial score (nSPS) is 17.5. The highest BCUT2D eigenvalue weighted by Gasteiger charge is 2.25. The second-order valence-corrected chi connectivity index (χ2v) is 4.14. The van der Waals surface area contributed by atoms with Crippen LogP contribution in [0, 0.1) is 5.41 Å². The first-order chi connectivity index (χ1) is 7.33. The van der Waals surface area contributed by atoms with Crippen molar-refractivity contribution >= 4 is 0 Å². The molecule has 0 aromatic rings. The molecule has 1 N–H and O–H groups in total. The van der Waals surface area contributed by atoms with E-state index in [1.54, 1.807) is 0 Å². The van der Waals surface area contributed by atoms with Crippen LogP contribution in [-0.2, 0) is 4.74 Å². The van der Waals surface area contributed by atoms with E-state index in [2.05, 4.69) is 43.5 Å². The van der Waals surface area contributed by atoms with Crippen molar-refractivity contribution in [1.29, 1.82) is 0 Å². The highest BCUT2D eigenvalue weighted by molar-refractivity contribution is 5.25. The fourth-order valence-corrected chi connectivity index (χ4v) is 1.68. The van der Waals surface area contributed by atoms with E-state index in [-0.39, 0.29) is 5.41 Å². The lowest BCUT2D eigenvalue weighted by molar-refractivity contribution is 0.0861. The Morgan fingerprint density at radius 3 is 2.53 bits per heavy atom. The van der Waals surface area contributed by atoms with Crippen LogP contribution in [0.5, 0.6) is 0 Å². The molecule has 1 rings (SSSR count). The van der Waals surface area contributed by atoms with Crippen molar-refractivity contribution < 1.29 is 4.74 Å². The molecule has 0 radical (unpaired) electrons. The smallest absolute Gasteiger partial charge is 0.0604 e. The zero-order valence-electron chi connectivity index (χ0n) is 9.96. The summed E-state index contributed by atoms with van der Waals surface area (Å²) in [6, 6.07) is 0. The minimum Gasteiger partial charge on any atom is -0.380 e. The van der Waals surface area contributed by atoms with Crippen LogP contribution in [0.3, 0.4) is 0 Å². The van der Waals surface area contributed by atoms with E-state index >= 15 is 0 Å². The average Bonchev–Trinajstić information content (AvgIpc) is 2.71. The predicted octanol–water partition coefficient (Wildman–Crippen LogP) is 2.53. The Bertz CT molecular complexity index is 209. The second-order valence-electron chi connectivity index (χ2n) is 4.14. The summed E-state index contributed by atoms with van der Waals surface area (Å²) in [7, 11) is 0. The molecule has 0 aliphatic heterocycles. The molecule has 0 fully saturated rings. The summed E-state index contributed by atoms with van der Waals surface area (Å²) < 4.78 is 5.72. The van der Waals surface area contributed by atoms with E-state index in [0.717, 1.165) is 32.7 Å². The van der Waals surface area contributed by atoms with Gasteiger partial charge in [0.2, 0.25) is 0 Å². The number of unbranched alkanes of at least 4 members (excludes halogenated alkanes) is 1. The van der Waals surface area contributed by atoms with Crippen molar-refractivity contribution in [3.8, 4) is 0 Å². The molecule has 0 amide bonds. The molecule has 0 aromatic heterocycles. The van der Waals surface area contributed by atoms with Crippen LogP contribution < -0.4 is 5.32 Å². The molecule has 1 aliphatic rings. The van der Waals surface area contributed by atoms with Crippen molar-refractivity contribution in [1.82, 2.24) is 5.32 Å². The minimum absolute atomic E-state index is 0.101. The minimum atomic E-state index is 0.101. The molecule has 0 heterocycles. The van der Waals surface area contributed by atoms with Gasteiger partial charge in [-0.3, -0.25) is 0 Å². The lowest BCUT2D eigenvalue weighted by Crippen LogP contribution is -2.34. The van der Waals surface area contributed by atoms with Gasteiger partial charge in [-0.1, -0.05) is 44.6 Å². The molecule has 86 valence electrons. The van der Waals surface area contributed by atoms with Crippen LogP contribution in [0.15, 0.2) is 24.3 Å². The van der Waals surface area contributed by atoms with Crippen LogP contribution >= 0.6 is 0 Å². The highest BCUT2D eigenvalue weighted by atomic mass is 16.5. The van der Waals surface area contributed by atoms with Gasteiger partial charge >= 0.3 is 0 Å². The van der Waals surface area contributed by atoms with Gasteiger partial charge in [-0.15, -0.1) is 0 Å². The standard InChI is InChI=1S/C13H23NO/c1-3-5-10-15-12-13(11-14-4-2)8-6-7-9-13/h6-9,14H,3-5,10-12H2,1-2H3. The molecule has 2 nitrogen and oxygen atoms in total. The first-order valence-corrected chi connectivity index (χ1v) is 5.98. The van der Waals surface area contributed by atoms with E-state index in [4.69, 9.17) is 4.74 Å². The number of nitrogens with one attached hydrogen (secondary N) is 1. The summed E-state index contributed by atoms with van der Waals surface area (Å²) >= 11 is 0. The predicted molar refractivity (Wildman–Crippen MR) is 65.0 cm³/mol. The fraction of sp³-hybridized carbons (Fsp3) is 0.692. The van der Waals surface area contributed by atoms with Crippen molar-refractivity contribution in [3.63, 3.8) is 0 Å². The molecule has 1 aliphatic carbocycles. The van der Waals surface area contributed by atoms with Crippen LogP contribution in [0.1, 0.15) is 26.7 Å². The third-order valence-corrected chi connectivity index (χ3v) is 2.68. The molecule has 0 saturated carbocycles. The Balaban J connectivity index is 2.30. The molecule has 0 saturated heterocycles. The maximum absolute atomic E-state index is 5.72. The van der Waals surface area contributed by atoms with Gasteiger partial charge in [-0.05, 0) is 13.0 Å². The van der Waals surface area contributed by atoms with Gasteiger partial charge < -0.3 is 10.1 Å². The van der Waals surface area contributed by atoms with Gasteiger partial charge in [0, 0.05) is 18.6 Å². The first kappa shape index (κ1) is 12.5. The number of hydrogen-bond donors (Lipinski definition) is 1. The maximum Gasteiger partial charge on any atom is 0.0604 e. The summed E-state index contributed by atoms with van der Waals surface area (Å²) in [6.07, 6.45) is 11.1. The molecule has 0 atom stereocenters. The van der Waals surface area contributed by atoms with Gasteiger partial charge in [-0.25, -0.2) is 0 Å². The third kappa shape index (κ3) is 4.18. The Labute approximate surface area is 93.4 Å². The number of ether oxygens (including phenoxy) is 1. The zero-order valence-corrected chi connectivity index (χ0v) is 9.96. The van der Waals surface area contributed by atoms with Crippen LogP contribution in [0.25, 0.3) is 0 Å². The van der Waals surface area contributed by atoms with E-state index in [1.807, 2.05) is 0 Å². The Hall–Kier alpha value is -0.600. The van der Waals surface area contributed by atoms with Gasteiger partial charge in [0.15, 0.2) is 0 Å². The van der Waals surface area contributed by atoms with E-state index in [0.29, 0.717) is 0 Å². The summed E-state index contributed by atoms with van der Waals surface area (Å²) in [5.74, 6) is 0. The number of rotatable bonds is 8. The van der Waals surface area contributed by atoms with Gasteiger partial charge in [0.1, 0.15) is 0 Å². The van der Waals surface area contributed by atoms with Crippen LogP contribution in [0.2, 0.25) is 0 Å². The maximum atomic E-state index is 5.72. The summed E-state index contributed by atoms with van der Waals surface area (Å²) in [5.41, 5.74) is 0.101. The summed E-state index contributed by atoms with van der Waals surface area (Å²) in [5, 5.41) is 3.39. The van der Waals surface area contributed by atoms with Crippen LogP contribution in [-0.4, -0.2) is 26.3 Å². The largest absolute Gasteiger partial charge is 0.380 e. The molecular formula is C13H23NO. The monoisotopic (exact) mass is 209 g/mol. The second kappa shape index (κ2) is 6.81. The highest BCUT2D eigenvalue weighted by Crippen LogP contribution is 2.25. The SMILES string of the molecule is CCCCOCC1(CNCC)C=CC=C1. The first-order valence-electron chi connectivity index (χ1n) is 5.98. The molecule has 15 heavy (non-hydrogen) atoms. The zero-order chi connectivity index (χ0) is 11.0. The Morgan fingerprint density at radius 1 is 1.20 bits per heavy atom. The van der Waals surface area contributed by atoms with Crippen LogP contribution in [0.4, 0.5) is 0 Å². The molecule has 2 heteroatoms. The third-order valence-electron chi connectivity index (χ3n) is 2.68. The lowest BCUT2D eigenvalue weighted by atomic mass is 9.91. The van der Waals surface area contributed by atoms with E-state index < -0.39 is 0 Å². The van der Waals surface area contributed by atoms with Crippen molar-refractivity contribution in [2.75, 3.05) is 26.3 Å². The van der Waals surface area contributed by atoms with E-state index in [1.165, 1.54) is 6.42 Å². The molecule has 0 aromatic carbocycles. The number of allylic oxidation sites excluding steroid dienone is 2. The average molecular weight is 209 g/mol. The van der Waals surface area contributed by atoms with E-state index in [9.17, 15) is 0 Å². The molecule has 0 spiro atoms. The summed E-state index contributed by atoms with van der Waals surface area (Å²) in [6.45, 7) is 7.99.